The molecule has 0 saturated heterocycles. The maximum atomic E-state index is 12.8. The average molecular weight is 1150 g/mol. The van der Waals surface area contributed by atoms with Gasteiger partial charge in [0.2, 0.25) is 0 Å². The maximum Gasteiger partial charge on any atom is 0.306 e. The number of quaternary nitrogens is 1. The van der Waals surface area contributed by atoms with Crippen molar-refractivity contribution in [3.05, 3.63) is 207 Å². The van der Waals surface area contributed by atoms with Crippen LogP contribution in [0, 0.1) is 0 Å². The molecule has 0 aromatic rings. The van der Waals surface area contributed by atoms with Gasteiger partial charge in [-0.25, -0.2) is 0 Å². The van der Waals surface area contributed by atoms with Crippen molar-refractivity contribution in [1.82, 2.24) is 0 Å². The Kier molecular flexibility index (Phi) is 56.2. The van der Waals surface area contributed by atoms with Crippen LogP contribution in [0.4, 0.5) is 0 Å². The molecule has 82 heavy (non-hydrogen) atoms. The largest absolute Gasteiger partial charge is 0.756 e. The highest BCUT2D eigenvalue weighted by Gasteiger charge is 2.21. The van der Waals surface area contributed by atoms with Crippen LogP contribution >= 0.6 is 7.82 Å². The van der Waals surface area contributed by atoms with Crippen molar-refractivity contribution in [2.75, 3.05) is 47.5 Å². The summed E-state index contributed by atoms with van der Waals surface area (Å²) in [6.07, 6.45) is 96.0. The number of ether oxygens (including phenoxy) is 2. The molecule has 0 aromatic heterocycles. The van der Waals surface area contributed by atoms with Crippen LogP contribution in [-0.4, -0.2) is 70.0 Å². The predicted molar refractivity (Wildman–Crippen MR) is 350 cm³/mol. The third-order valence-corrected chi connectivity index (χ3v) is 12.8. The number of carbonyl (C=O) groups is 2. The van der Waals surface area contributed by atoms with Gasteiger partial charge < -0.3 is 27.9 Å². The molecule has 0 bridgehead atoms. The van der Waals surface area contributed by atoms with Crippen LogP contribution in [0.15, 0.2) is 207 Å². The van der Waals surface area contributed by atoms with Gasteiger partial charge in [-0.2, -0.15) is 0 Å². The molecule has 0 spiro atoms. The first kappa shape index (κ1) is 76.6. The molecule has 456 valence electrons. The van der Waals surface area contributed by atoms with E-state index in [1.165, 1.54) is 0 Å². The van der Waals surface area contributed by atoms with E-state index >= 15 is 0 Å². The van der Waals surface area contributed by atoms with Gasteiger partial charge >= 0.3 is 11.9 Å². The molecule has 0 N–H and O–H groups in total. The van der Waals surface area contributed by atoms with Gasteiger partial charge in [-0.1, -0.05) is 227 Å². The summed E-state index contributed by atoms with van der Waals surface area (Å²) in [6.45, 7) is 3.87. The summed E-state index contributed by atoms with van der Waals surface area (Å²) in [5.41, 5.74) is 0. The van der Waals surface area contributed by atoms with Crippen molar-refractivity contribution in [2.24, 2.45) is 0 Å². The third kappa shape index (κ3) is 63.8. The van der Waals surface area contributed by atoms with Crippen molar-refractivity contribution in [2.45, 2.75) is 187 Å². The van der Waals surface area contributed by atoms with E-state index in [-0.39, 0.29) is 26.1 Å². The standard InChI is InChI=1S/C72H110NO8P/c1-6-8-10-12-14-16-18-20-22-24-26-28-30-32-33-34-35-36-37-38-39-41-43-45-47-49-51-53-55-57-59-61-63-65-72(75)81-70(69-80-82(76,77)79-67-66-73(3,4)5)68-78-71(74)64-62-60-58-56-54-52-50-48-46-44-42-40-31-29-27-25-23-21-19-17-15-13-11-9-7-2/h8-11,14-17,20-23,26-29,32-33,35-36,38-40,42-43,45-46,48-49,51-52,54-55,57,70H,6-7,12-13,18-19,24-25,30-31,34,37,41,44,47,50,53,56,58-69H2,1-5H3/b10-8-,11-9-,16-14-,17-15-,22-20-,23-21-,28-26-,29-27-,33-32-,36-35-,39-38-,42-40-,45-43-,48-46-,51-49-,54-52-,57-55-. The number of nitrogens with zero attached hydrogens (tertiary/aromatic N) is 1. The zero-order valence-corrected chi connectivity index (χ0v) is 52.5. The quantitative estimate of drug-likeness (QED) is 0.0195. The first-order valence-electron chi connectivity index (χ1n) is 30.8. The van der Waals surface area contributed by atoms with E-state index in [1.54, 1.807) is 0 Å². The third-order valence-electron chi connectivity index (χ3n) is 11.8. The minimum Gasteiger partial charge on any atom is -0.756 e. The Morgan fingerprint density at radius 1 is 0.378 bits per heavy atom. The Bertz CT molecular complexity index is 2130. The number of likely N-dealkylation sites (N-methyl/N-ethyl adjacent to an activating group) is 1. The fourth-order valence-electron chi connectivity index (χ4n) is 7.13. The maximum absolute atomic E-state index is 12.8. The van der Waals surface area contributed by atoms with Gasteiger partial charge in [-0.3, -0.25) is 14.2 Å². The monoisotopic (exact) mass is 1150 g/mol. The van der Waals surface area contributed by atoms with Crippen LogP contribution < -0.4 is 4.89 Å². The van der Waals surface area contributed by atoms with Crippen LogP contribution in [0.5, 0.6) is 0 Å². The van der Waals surface area contributed by atoms with E-state index in [4.69, 9.17) is 18.5 Å². The topological polar surface area (TPSA) is 111 Å². The van der Waals surface area contributed by atoms with E-state index in [2.05, 4.69) is 220 Å². The molecule has 10 heteroatoms. The van der Waals surface area contributed by atoms with Crippen LogP contribution in [0.1, 0.15) is 181 Å². The Hall–Kier alpha value is -5.41. The molecule has 0 aliphatic rings. The van der Waals surface area contributed by atoms with Crippen molar-refractivity contribution in [3.8, 4) is 0 Å². The highest BCUT2D eigenvalue weighted by molar-refractivity contribution is 7.45. The zero-order chi connectivity index (χ0) is 59.8. The number of rotatable bonds is 53. The van der Waals surface area contributed by atoms with Gasteiger partial charge in [0, 0.05) is 12.8 Å². The van der Waals surface area contributed by atoms with E-state index in [0.29, 0.717) is 23.9 Å². The molecular weight excluding hydrogens is 1040 g/mol. The Morgan fingerprint density at radius 3 is 0.976 bits per heavy atom. The van der Waals surface area contributed by atoms with E-state index in [1.807, 2.05) is 21.1 Å². The number of allylic oxidation sites excluding steroid dienone is 34. The summed E-state index contributed by atoms with van der Waals surface area (Å²) >= 11 is 0. The Balaban J connectivity index is 4.38. The lowest BCUT2D eigenvalue weighted by Crippen LogP contribution is -2.37. The number of hydrogen-bond donors (Lipinski definition) is 0. The highest BCUT2D eigenvalue weighted by atomic mass is 31.2. The van der Waals surface area contributed by atoms with Gasteiger partial charge in [0.1, 0.15) is 19.8 Å². The number of unbranched alkanes of at least 4 members (excludes halogenated alkanes) is 5. The molecule has 0 aliphatic carbocycles. The molecule has 0 fully saturated rings. The van der Waals surface area contributed by atoms with Crippen molar-refractivity contribution in [1.29, 1.82) is 0 Å². The first-order chi connectivity index (χ1) is 40.0. The molecule has 0 aromatic carbocycles. The van der Waals surface area contributed by atoms with Gasteiger partial charge in [0.15, 0.2) is 6.10 Å². The minimum atomic E-state index is -4.68. The summed E-state index contributed by atoms with van der Waals surface area (Å²) in [5, 5.41) is 0. The smallest absolute Gasteiger partial charge is 0.306 e. The molecule has 2 unspecified atom stereocenters. The summed E-state index contributed by atoms with van der Waals surface area (Å²) in [4.78, 5) is 37.9. The normalized spacial score (nSPS) is 14.7. The molecule has 0 heterocycles. The van der Waals surface area contributed by atoms with Crippen LogP contribution in [0.3, 0.4) is 0 Å². The van der Waals surface area contributed by atoms with E-state index in [9.17, 15) is 19.0 Å². The number of carbonyl (C=O) groups excluding carboxylic acids is 2. The number of esters is 2. The van der Waals surface area contributed by atoms with Gasteiger partial charge in [-0.15, -0.1) is 0 Å². The zero-order valence-electron chi connectivity index (χ0n) is 51.6. The second-order valence-corrected chi connectivity index (χ2v) is 22.0. The number of phosphoric acid groups is 1. The summed E-state index contributed by atoms with van der Waals surface area (Å²) in [5.74, 6) is -0.945. The lowest BCUT2D eigenvalue weighted by atomic mass is 10.1. The molecule has 0 radical (unpaired) electrons. The molecule has 9 nitrogen and oxygen atoms in total. The predicted octanol–water partition coefficient (Wildman–Crippen LogP) is 19.3. The Labute approximate surface area is 500 Å². The second kappa shape index (κ2) is 60.2. The summed E-state index contributed by atoms with van der Waals surface area (Å²) in [6, 6.07) is 0. The Morgan fingerprint density at radius 2 is 0.659 bits per heavy atom. The number of phosphoric ester groups is 1. The van der Waals surface area contributed by atoms with E-state index in [0.717, 1.165) is 141 Å². The van der Waals surface area contributed by atoms with Gasteiger partial charge in [0.25, 0.3) is 7.82 Å². The van der Waals surface area contributed by atoms with E-state index < -0.39 is 32.5 Å². The van der Waals surface area contributed by atoms with Gasteiger partial charge in [0.05, 0.1) is 27.7 Å². The van der Waals surface area contributed by atoms with Crippen molar-refractivity contribution in [3.63, 3.8) is 0 Å². The molecule has 0 amide bonds. The highest BCUT2D eigenvalue weighted by Crippen LogP contribution is 2.38. The fraction of sp³-hybridized carbons (Fsp3) is 0.500. The average Bonchev–Trinajstić information content (AvgIpc) is 3.46. The molecule has 0 rings (SSSR count). The SMILES string of the molecule is CC/C=C\C/C=C\C/C=C\C/C=C\C/C=C\C/C=C\C/C=C\C/C=C\C/C=C\C/C=C\CCCCC(=O)OC(COC(=O)CCCCC/C=C\C/C=C\C/C=C\C/C=C\C/C=C\C/C=C\C/C=C\CC)COP(=O)([O-])OCC[N+](C)(C)C. The van der Waals surface area contributed by atoms with Crippen LogP contribution in [0.2, 0.25) is 0 Å². The lowest BCUT2D eigenvalue weighted by molar-refractivity contribution is -0.870. The van der Waals surface area contributed by atoms with Crippen LogP contribution in [-0.2, 0) is 32.7 Å². The lowest BCUT2D eigenvalue weighted by Gasteiger charge is -2.28. The van der Waals surface area contributed by atoms with Crippen molar-refractivity contribution >= 4 is 19.8 Å². The van der Waals surface area contributed by atoms with Crippen LogP contribution in [0.25, 0.3) is 0 Å². The summed E-state index contributed by atoms with van der Waals surface area (Å²) in [7, 11) is 1.08. The van der Waals surface area contributed by atoms with Crippen molar-refractivity contribution < 1.29 is 42.1 Å². The fourth-order valence-corrected chi connectivity index (χ4v) is 7.86. The molecular formula is C72H110NO8P. The molecule has 2 atom stereocenters. The molecule has 0 saturated carbocycles. The number of hydrogen-bond acceptors (Lipinski definition) is 8. The first-order valence-corrected chi connectivity index (χ1v) is 32.3. The molecule has 0 aliphatic heterocycles. The summed E-state index contributed by atoms with van der Waals surface area (Å²) < 4.78 is 34.1. The van der Waals surface area contributed by atoms with Gasteiger partial charge in [-0.05, 0) is 148 Å². The second-order valence-electron chi connectivity index (χ2n) is 20.6. The minimum absolute atomic E-state index is 0.0587.